The zero-order valence-electron chi connectivity index (χ0n) is 16.2. The van der Waals surface area contributed by atoms with Gasteiger partial charge in [-0.1, -0.05) is 51.8 Å². The Kier molecular flexibility index (Phi) is 6.89. The Labute approximate surface area is 183 Å². The number of halogens is 2. The third-order valence-electron chi connectivity index (χ3n) is 4.40. The first kappa shape index (κ1) is 22.0. The Morgan fingerprint density at radius 1 is 1.03 bits per heavy atom. The molecule has 0 unspecified atom stereocenters. The Balaban J connectivity index is 1.85. The number of anilines is 1. The average molecular weight is 491 g/mol. The third-order valence-corrected chi connectivity index (χ3v) is 6.68. The molecule has 156 valence electrons. The van der Waals surface area contributed by atoms with Crippen molar-refractivity contribution in [3.8, 4) is 0 Å². The van der Waals surface area contributed by atoms with Crippen LogP contribution in [-0.4, -0.2) is 20.9 Å². The van der Waals surface area contributed by atoms with Crippen molar-refractivity contribution in [3.63, 3.8) is 0 Å². The first-order valence-electron chi connectivity index (χ1n) is 9.12. The zero-order chi connectivity index (χ0) is 21.7. The summed E-state index contributed by atoms with van der Waals surface area (Å²) in [6, 6.07) is 18.9. The van der Waals surface area contributed by atoms with E-state index in [-0.39, 0.29) is 17.3 Å². The van der Waals surface area contributed by atoms with Crippen molar-refractivity contribution >= 4 is 37.5 Å². The summed E-state index contributed by atoms with van der Waals surface area (Å²) >= 11 is 3.34. The Morgan fingerprint density at radius 2 is 1.70 bits per heavy atom. The van der Waals surface area contributed by atoms with Gasteiger partial charge in [-0.2, -0.15) is 0 Å². The molecule has 0 bridgehead atoms. The second-order valence-electron chi connectivity index (χ2n) is 6.71. The predicted octanol–water partition coefficient (Wildman–Crippen LogP) is 4.41. The summed E-state index contributed by atoms with van der Waals surface area (Å²) in [5, 5.41) is 2.69. The number of aryl methyl sites for hydroxylation is 1. The highest BCUT2D eigenvalue weighted by Crippen LogP contribution is 2.26. The van der Waals surface area contributed by atoms with Crippen molar-refractivity contribution in [1.82, 2.24) is 5.32 Å². The number of benzene rings is 3. The first-order valence-corrected chi connectivity index (χ1v) is 11.3. The van der Waals surface area contributed by atoms with E-state index < -0.39 is 22.5 Å². The highest BCUT2D eigenvalue weighted by atomic mass is 79.9. The number of hydrogen-bond donors (Lipinski definition) is 1. The second-order valence-corrected chi connectivity index (χ2v) is 9.49. The van der Waals surface area contributed by atoms with Crippen molar-refractivity contribution in [2.45, 2.75) is 18.4 Å². The fourth-order valence-corrected chi connectivity index (χ4v) is 4.57. The van der Waals surface area contributed by atoms with Crippen molar-refractivity contribution < 1.29 is 17.6 Å². The molecule has 5 nitrogen and oxygen atoms in total. The van der Waals surface area contributed by atoms with Crippen LogP contribution in [0.4, 0.5) is 10.1 Å². The minimum Gasteiger partial charge on any atom is -0.350 e. The van der Waals surface area contributed by atoms with Crippen molar-refractivity contribution in [3.05, 3.63) is 94.2 Å². The lowest BCUT2D eigenvalue weighted by Gasteiger charge is -2.24. The molecule has 3 aromatic carbocycles. The van der Waals surface area contributed by atoms with Crippen molar-refractivity contribution in [1.29, 1.82) is 0 Å². The number of nitrogens with zero attached hydrogens (tertiary/aromatic N) is 1. The number of rotatable bonds is 7. The number of nitrogens with one attached hydrogen (secondary N) is 1. The van der Waals surface area contributed by atoms with E-state index in [1.54, 1.807) is 48.5 Å². The van der Waals surface area contributed by atoms with Gasteiger partial charge in [-0.05, 0) is 55.0 Å². The van der Waals surface area contributed by atoms with Crippen LogP contribution < -0.4 is 9.62 Å². The molecule has 0 heterocycles. The van der Waals surface area contributed by atoms with Gasteiger partial charge in [-0.15, -0.1) is 0 Å². The second kappa shape index (κ2) is 9.40. The summed E-state index contributed by atoms with van der Waals surface area (Å²) in [5.74, 6) is -0.843. The van der Waals surface area contributed by atoms with E-state index in [4.69, 9.17) is 0 Å². The molecule has 8 heteroatoms. The lowest BCUT2D eigenvalue weighted by molar-refractivity contribution is -0.119. The van der Waals surface area contributed by atoms with Crippen LogP contribution in [0, 0.1) is 12.7 Å². The van der Waals surface area contributed by atoms with Gasteiger partial charge in [-0.3, -0.25) is 9.10 Å². The average Bonchev–Trinajstić information content (AvgIpc) is 2.72. The number of sulfonamides is 1. The molecule has 0 spiro atoms. The van der Waals surface area contributed by atoms with Gasteiger partial charge in [0.25, 0.3) is 10.0 Å². The molecule has 3 aromatic rings. The zero-order valence-corrected chi connectivity index (χ0v) is 18.6. The van der Waals surface area contributed by atoms with E-state index in [9.17, 15) is 17.6 Å². The standard InChI is InChI=1S/C22H20BrFN2O3S/c1-16-5-11-21(12-6-16)30(28,29)26(20-4-2-3-18(23)13-20)15-22(27)25-14-17-7-9-19(24)10-8-17/h2-13H,14-15H2,1H3,(H,25,27). The van der Waals surface area contributed by atoms with E-state index in [0.29, 0.717) is 15.7 Å². The van der Waals surface area contributed by atoms with Gasteiger partial charge in [0.2, 0.25) is 5.91 Å². The molecule has 0 aromatic heterocycles. The highest BCUT2D eigenvalue weighted by molar-refractivity contribution is 9.10. The van der Waals surface area contributed by atoms with Crippen molar-refractivity contribution in [2.24, 2.45) is 0 Å². The van der Waals surface area contributed by atoms with E-state index in [1.807, 2.05) is 6.92 Å². The molecule has 0 atom stereocenters. The smallest absolute Gasteiger partial charge is 0.264 e. The van der Waals surface area contributed by atoms with Gasteiger partial charge in [-0.25, -0.2) is 12.8 Å². The molecule has 0 saturated carbocycles. The predicted molar refractivity (Wildman–Crippen MR) is 118 cm³/mol. The summed E-state index contributed by atoms with van der Waals surface area (Å²) < 4.78 is 41.4. The molecule has 0 aliphatic rings. The van der Waals surface area contributed by atoms with Gasteiger partial charge in [0.05, 0.1) is 10.6 Å². The molecule has 30 heavy (non-hydrogen) atoms. The highest BCUT2D eigenvalue weighted by Gasteiger charge is 2.27. The fourth-order valence-electron chi connectivity index (χ4n) is 2.77. The third kappa shape index (κ3) is 5.46. The molecule has 1 N–H and O–H groups in total. The van der Waals surface area contributed by atoms with Crippen LogP contribution >= 0.6 is 15.9 Å². The van der Waals surface area contributed by atoms with Gasteiger partial charge in [0, 0.05) is 11.0 Å². The van der Waals surface area contributed by atoms with E-state index in [2.05, 4.69) is 21.2 Å². The molecule has 0 radical (unpaired) electrons. The van der Waals surface area contributed by atoms with Gasteiger partial charge in [0.15, 0.2) is 0 Å². The summed E-state index contributed by atoms with van der Waals surface area (Å²) in [7, 11) is -3.97. The summed E-state index contributed by atoms with van der Waals surface area (Å²) in [6.45, 7) is 1.63. The minimum absolute atomic E-state index is 0.0967. The lowest BCUT2D eigenvalue weighted by Crippen LogP contribution is -2.40. The lowest BCUT2D eigenvalue weighted by atomic mass is 10.2. The van der Waals surface area contributed by atoms with Crippen LogP contribution in [0.25, 0.3) is 0 Å². The number of hydrogen-bond acceptors (Lipinski definition) is 3. The SMILES string of the molecule is Cc1ccc(S(=O)(=O)N(CC(=O)NCc2ccc(F)cc2)c2cccc(Br)c2)cc1. The monoisotopic (exact) mass is 490 g/mol. The molecule has 0 aliphatic heterocycles. The van der Waals surface area contributed by atoms with Crippen LogP contribution in [0.3, 0.4) is 0 Å². The topological polar surface area (TPSA) is 66.5 Å². The Morgan fingerprint density at radius 3 is 2.33 bits per heavy atom. The molecular weight excluding hydrogens is 471 g/mol. The first-order chi connectivity index (χ1) is 14.3. The molecular formula is C22H20BrFN2O3S. The molecule has 0 fully saturated rings. The molecule has 1 amide bonds. The number of amides is 1. The van der Waals surface area contributed by atoms with Gasteiger partial charge >= 0.3 is 0 Å². The normalized spacial score (nSPS) is 11.2. The summed E-state index contributed by atoms with van der Waals surface area (Å²) in [4.78, 5) is 12.7. The molecule has 0 aliphatic carbocycles. The molecule has 0 saturated heterocycles. The van der Waals surface area contributed by atoms with Crippen LogP contribution in [0.5, 0.6) is 0 Å². The van der Waals surface area contributed by atoms with E-state index >= 15 is 0 Å². The van der Waals surface area contributed by atoms with Gasteiger partial charge in [0.1, 0.15) is 12.4 Å². The van der Waals surface area contributed by atoms with E-state index in [0.717, 1.165) is 9.87 Å². The maximum Gasteiger partial charge on any atom is 0.264 e. The molecule has 3 rings (SSSR count). The minimum atomic E-state index is -3.97. The largest absolute Gasteiger partial charge is 0.350 e. The van der Waals surface area contributed by atoms with Crippen LogP contribution in [-0.2, 0) is 21.4 Å². The number of carbonyl (C=O) groups excluding carboxylic acids is 1. The maximum atomic E-state index is 13.3. The Bertz CT molecular complexity index is 1130. The number of carbonyl (C=O) groups is 1. The van der Waals surface area contributed by atoms with Crippen molar-refractivity contribution in [2.75, 3.05) is 10.8 Å². The quantitative estimate of drug-likeness (QED) is 0.533. The van der Waals surface area contributed by atoms with Gasteiger partial charge < -0.3 is 5.32 Å². The fraction of sp³-hybridized carbons (Fsp3) is 0.136. The van der Waals surface area contributed by atoms with E-state index in [1.165, 1.54) is 24.3 Å². The summed E-state index contributed by atoms with van der Waals surface area (Å²) in [6.07, 6.45) is 0. The van der Waals surface area contributed by atoms with Crippen LogP contribution in [0.1, 0.15) is 11.1 Å². The summed E-state index contributed by atoms with van der Waals surface area (Å²) in [5.41, 5.74) is 2.00. The Hall–Kier alpha value is -2.71. The van der Waals surface area contributed by atoms with Crippen LogP contribution in [0.15, 0.2) is 82.2 Å². The van der Waals surface area contributed by atoms with Crippen LogP contribution in [0.2, 0.25) is 0 Å². The maximum absolute atomic E-state index is 13.3.